The second-order valence-corrected chi connectivity index (χ2v) is 14.7. The second-order valence-electron chi connectivity index (χ2n) is 14.7. The number of anilines is 2. The van der Waals surface area contributed by atoms with Crippen LogP contribution in [0.2, 0.25) is 0 Å². The summed E-state index contributed by atoms with van der Waals surface area (Å²) in [6.07, 6.45) is 11.1. The van der Waals surface area contributed by atoms with Crippen molar-refractivity contribution in [3.8, 4) is 5.75 Å². The van der Waals surface area contributed by atoms with Crippen molar-refractivity contribution in [1.29, 1.82) is 0 Å². The number of benzene rings is 2. The van der Waals surface area contributed by atoms with Gasteiger partial charge in [-0.25, -0.2) is 4.98 Å². The number of amides is 2. The van der Waals surface area contributed by atoms with Gasteiger partial charge in [-0.05, 0) is 94.4 Å². The SMILES string of the molecule is CCCCC(CC)NCCCNCCCn1cc(CNc2nc(NC3CCN(C(=O)CC[C@H](N)C(=O)NCc4ccc(O)cc4)CC3)c3ccccc3n2)nn1. The van der Waals surface area contributed by atoms with Gasteiger partial charge in [0, 0.05) is 50.1 Å². The average Bonchev–Trinajstić information content (AvgIpc) is 3.68. The molecule has 0 radical (unpaired) electrons. The molecule has 1 aliphatic rings. The Morgan fingerprint density at radius 2 is 1.73 bits per heavy atom. The Bertz CT molecular complexity index is 1780. The number of phenolic OH excluding ortho intramolecular Hbond substituents is 1. The third-order valence-electron chi connectivity index (χ3n) is 10.3. The van der Waals surface area contributed by atoms with E-state index in [9.17, 15) is 14.7 Å². The quantitative estimate of drug-likeness (QED) is 0.0500. The Labute approximate surface area is 331 Å². The highest BCUT2D eigenvalue weighted by Gasteiger charge is 2.25. The summed E-state index contributed by atoms with van der Waals surface area (Å²) in [6, 6.07) is 14.5. The molecule has 1 unspecified atom stereocenters. The number of carbonyl (C=O) groups excluding carboxylic acids is 2. The number of aromatic nitrogens is 5. The van der Waals surface area contributed by atoms with Gasteiger partial charge in [-0.3, -0.25) is 14.3 Å². The molecule has 0 aliphatic carbocycles. The van der Waals surface area contributed by atoms with Gasteiger partial charge in [0.1, 0.15) is 17.3 Å². The normalized spacial score (nSPS) is 14.4. The summed E-state index contributed by atoms with van der Waals surface area (Å²) in [4.78, 5) is 37.0. The predicted octanol–water partition coefficient (Wildman–Crippen LogP) is 4.29. The Hall–Kier alpha value is -4.86. The molecule has 4 aromatic rings. The van der Waals surface area contributed by atoms with Crippen molar-refractivity contribution in [2.24, 2.45) is 5.73 Å². The third kappa shape index (κ3) is 13.7. The largest absolute Gasteiger partial charge is 0.508 e. The molecular formula is C41H62N12O3. The van der Waals surface area contributed by atoms with Crippen LogP contribution in [0.5, 0.6) is 5.75 Å². The maximum absolute atomic E-state index is 13.0. The number of hydrogen-bond donors (Lipinski definition) is 7. The van der Waals surface area contributed by atoms with Gasteiger partial charge in [-0.1, -0.05) is 56.2 Å². The van der Waals surface area contributed by atoms with Crippen molar-refractivity contribution < 1.29 is 14.7 Å². The van der Waals surface area contributed by atoms with Crippen LogP contribution in [-0.2, 0) is 29.2 Å². The summed E-state index contributed by atoms with van der Waals surface area (Å²) >= 11 is 0. The van der Waals surface area contributed by atoms with Gasteiger partial charge in [0.05, 0.1) is 24.3 Å². The van der Waals surface area contributed by atoms with Crippen LogP contribution in [0.4, 0.5) is 11.8 Å². The first-order chi connectivity index (χ1) is 27.3. The molecule has 2 aromatic heterocycles. The number of fused-ring (bicyclic) bond motifs is 1. The number of aryl methyl sites for hydroxylation is 1. The zero-order valence-corrected chi connectivity index (χ0v) is 33.2. The maximum atomic E-state index is 13.0. The van der Waals surface area contributed by atoms with Crippen LogP contribution < -0.4 is 32.3 Å². The zero-order valence-electron chi connectivity index (χ0n) is 33.2. The molecule has 0 spiro atoms. The van der Waals surface area contributed by atoms with E-state index in [1.54, 1.807) is 24.3 Å². The highest BCUT2D eigenvalue weighted by Crippen LogP contribution is 2.25. The number of likely N-dealkylation sites (tertiary alicyclic amines) is 1. The lowest BCUT2D eigenvalue weighted by Crippen LogP contribution is -2.44. The molecule has 1 saturated heterocycles. The van der Waals surface area contributed by atoms with Crippen LogP contribution in [0.25, 0.3) is 10.9 Å². The van der Waals surface area contributed by atoms with Gasteiger partial charge >= 0.3 is 0 Å². The van der Waals surface area contributed by atoms with Crippen molar-refractivity contribution in [3.05, 3.63) is 66.0 Å². The molecule has 15 heteroatoms. The standard InChI is InChI=1S/C41H62N12O3/c1-3-5-10-31(4-2)44-23-8-21-43-22-9-24-53-29-33(50-51-53)28-46-41-48-37-12-7-6-11-35(37)39(49-41)47-32-19-25-52(26-20-32)38(55)18-17-36(42)40(56)45-27-30-13-15-34(54)16-14-30/h6-7,11-16,29,31-32,36,43-44,54H,3-5,8-10,17-28,42H2,1-2H3,(H,45,56)(H2,46,47,48,49)/t31?,36-/m0/s1. The van der Waals surface area contributed by atoms with Crippen molar-refractivity contribution in [1.82, 2.24) is 45.8 Å². The Balaban J connectivity index is 1.01. The van der Waals surface area contributed by atoms with Crippen molar-refractivity contribution in [3.63, 3.8) is 0 Å². The summed E-state index contributed by atoms with van der Waals surface area (Å²) in [6.45, 7) is 10.3. The van der Waals surface area contributed by atoms with E-state index >= 15 is 0 Å². The minimum absolute atomic E-state index is 0.000506. The number of nitrogens with two attached hydrogens (primary N) is 1. The van der Waals surface area contributed by atoms with E-state index in [2.05, 4.69) is 50.7 Å². The molecule has 5 rings (SSSR count). The average molecular weight is 771 g/mol. The summed E-state index contributed by atoms with van der Waals surface area (Å²) in [5, 5.41) is 36.0. The van der Waals surface area contributed by atoms with Gasteiger partial charge < -0.3 is 42.3 Å². The van der Waals surface area contributed by atoms with Crippen molar-refractivity contribution in [2.45, 2.75) is 116 Å². The number of aromatic hydroxyl groups is 1. The number of nitrogens with one attached hydrogen (secondary N) is 5. The Kier molecular flexibility index (Phi) is 17.1. The number of para-hydroxylation sites is 1. The molecule has 15 nitrogen and oxygen atoms in total. The van der Waals surface area contributed by atoms with Crippen LogP contribution in [0, 0.1) is 0 Å². The highest BCUT2D eigenvalue weighted by atomic mass is 16.3. The zero-order chi connectivity index (χ0) is 39.5. The van der Waals surface area contributed by atoms with Gasteiger partial charge in [0.15, 0.2) is 0 Å². The number of carbonyl (C=O) groups is 2. The number of piperidine rings is 1. The topological polar surface area (TPSA) is 200 Å². The smallest absolute Gasteiger partial charge is 0.237 e. The van der Waals surface area contributed by atoms with Crippen LogP contribution in [0.15, 0.2) is 54.7 Å². The number of hydrogen-bond acceptors (Lipinski definition) is 12. The number of unbranched alkanes of at least 4 members (excludes halogenated alkanes) is 1. The molecule has 3 heterocycles. The molecule has 2 aromatic carbocycles. The van der Waals surface area contributed by atoms with Gasteiger partial charge in [-0.15, -0.1) is 5.10 Å². The minimum Gasteiger partial charge on any atom is -0.508 e. The first-order valence-corrected chi connectivity index (χ1v) is 20.5. The molecule has 56 heavy (non-hydrogen) atoms. The maximum Gasteiger partial charge on any atom is 0.237 e. The molecule has 304 valence electrons. The summed E-state index contributed by atoms with van der Waals surface area (Å²) in [7, 11) is 0. The van der Waals surface area contributed by atoms with E-state index in [4.69, 9.17) is 15.7 Å². The number of rotatable bonds is 24. The molecule has 0 bridgehead atoms. The Morgan fingerprint density at radius 3 is 2.52 bits per heavy atom. The summed E-state index contributed by atoms with van der Waals surface area (Å²) in [5.74, 6) is 1.12. The van der Waals surface area contributed by atoms with Gasteiger partial charge in [-0.2, -0.15) is 4.98 Å². The number of phenols is 1. The van der Waals surface area contributed by atoms with Crippen LogP contribution in [0.1, 0.15) is 89.3 Å². The lowest BCUT2D eigenvalue weighted by molar-refractivity contribution is -0.132. The lowest BCUT2D eigenvalue weighted by atomic mass is 10.0. The van der Waals surface area contributed by atoms with E-state index in [0.717, 1.165) is 79.8 Å². The van der Waals surface area contributed by atoms with E-state index < -0.39 is 6.04 Å². The Morgan fingerprint density at radius 1 is 0.946 bits per heavy atom. The minimum atomic E-state index is -0.778. The molecule has 0 saturated carbocycles. The van der Waals surface area contributed by atoms with Crippen molar-refractivity contribution in [2.75, 3.05) is 43.4 Å². The fourth-order valence-corrected chi connectivity index (χ4v) is 6.84. The molecule has 2 atom stereocenters. The first-order valence-electron chi connectivity index (χ1n) is 20.5. The van der Waals surface area contributed by atoms with E-state index in [-0.39, 0.29) is 36.4 Å². The predicted molar refractivity (Wildman–Crippen MR) is 221 cm³/mol. The molecular weight excluding hydrogens is 709 g/mol. The molecule has 8 N–H and O–H groups in total. The summed E-state index contributed by atoms with van der Waals surface area (Å²) in [5.41, 5.74) is 8.60. The van der Waals surface area contributed by atoms with Crippen LogP contribution in [-0.4, -0.2) is 97.6 Å². The highest BCUT2D eigenvalue weighted by molar-refractivity contribution is 5.90. The molecule has 2 amide bonds. The van der Waals surface area contributed by atoms with E-state index in [1.165, 1.54) is 25.7 Å². The van der Waals surface area contributed by atoms with Gasteiger partial charge in [0.25, 0.3) is 0 Å². The van der Waals surface area contributed by atoms with Crippen LogP contribution >= 0.6 is 0 Å². The lowest BCUT2D eigenvalue weighted by Gasteiger charge is -2.33. The van der Waals surface area contributed by atoms with E-state index in [0.29, 0.717) is 38.2 Å². The molecule has 1 fully saturated rings. The second kappa shape index (κ2) is 22.6. The third-order valence-corrected chi connectivity index (χ3v) is 10.3. The van der Waals surface area contributed by atoms with E-state index in [1.807, 2.05) is 40.0 Å². The molecule has 1 aliphatic heterocycles. The monoisotopic (exact) mass is 771 g/mol. The van der Waals surface area contributed by atoms with Gasteiger partial charge in [0.2, 0.25) is 17.8 Å². The summed E-state index contributed by atoms with van der Waals surface area (Å²) < 4.78 is 1.89. The number of nitrogens with zero attached hydrogens (tertiary/aromatic N) is 6. The fourth-order valence-electron chi connectivity index (χ4n) is 6.84. The van der Waals surface area contributed by atoms with Crippen molar-refractivity contribution >= 4 is 34.5 Å². The first kappa shape index (κ1) is 42.3. The van der Waals surface area contributed by atoms with Crippen LogP contribution in [0.3, 0.4) is 0 Å². The fraction of sp³-hybridized carbons (Fsp3) is 0.561.